The molecular weight excluding hydrogens is 304 g/mol. The molecule has 1 fully saturated rings. The predicted octanol–water partition coefficient (Wildman–Crippen LogP) is 2.46. The van der Waals surface area contributed by atoms with Gasteiger partial charge in [-0.25, -0.2) is 0 Å². The second kappa shape index (κ2) is 7.17. The zero-order valence-electron chi connectivity index (χ0n) is 13.6. The Labute approximate surface area is 141 Å². The van der Waals surface area contributed by atoms with Gasteiger partial charge in [-0.2, -0.15) is 0 Å². The van der Waals surface area contributed by atoms with Crippen LogP contribution in [0.1, 0.15) is 12.5 Å². The minimum atomic E-state index is -0.510. The van der Waals surface area contributed by atoms with E-state index in [1.54, 1.807) is 4.90 Å². The minimum Gasteiger partial charge on any atom is -0.492 e. The van der Waals surface area contributed by atoms with Crippen molar-refractivity contribution in [1.82, 2.24) is 4.90 Å². The molecule has 1 aliphatic rings. The number of hydrogen-bond acceptors (Lipinski definition) is 3. The van der Waals surface area contributed by atoms with Gasteiger partial charge in [0.15, 0.2) is 0 Å². The minimum absolute atomic E-state index is 0.451. The zero-order valence-corrected chi connectivity index (χ0v) is 13.6. The average molecular weight is 324 g/mol. The molecule has 5 nitrogen and oxygen atoms in total. The number of benzene rings is 2. The van der Waals surface area contributed by atoms with Crippen molar-refractivity contribution in [3.63, 3.8) is 0 Å². The molecule has 1 aliphatic heterocycles. The van der Waals surface area contributed by atoms with Gasteiger partial charge in [0.2, 0.25) is 0 Å². The molecule has 2 aromatic carbocycles. The first-order valence-corrected chi connectivity index (χ1v) is 8.07. The number of carbonyl (C=O) groups excluding carboxylic acids is 2. The summed E-state index contributed by atoms with van der Waals surface area (Å²) in [6.07, 6.45) is 0. The van der Waals surface area contributed by atoms with Crippen LogP contribution in [0.3, 0.4) is 0 Å². The van der Waals surface area contributed by atoms with Crippen LogP contribution in [0, 0.1) is 0 Å². The van der Waals surface area contributed by atoms with Crippen molar-refractivity contribution in [2.75, 3.05) is 24.6 Å². The van der Waals surface area contributed by atoms with E-state index in [0.717, 1.165) is 5.56 Å². The van der Waals surface area contributed by atoms with E-state index in [2.05, 4.69) is 0 Å². The van der Waals surface area contributed by atoms with Gasteiger partial charge < -0.3 is 9.64 Å². The lowest BCUT2D eigenvalue weighted by Gasteiger charge is -2.34. The third kappa shape index (κ3) is 3.25. The summed E-state index contributed by atoms with van der Waals surface area (Å²) in [5.74, 6) is -0.363. The second-order valence-corrected chi connectivity index (χ2v) is 5.57. The van der Waals surface area contributed by atoms with Crippen LogP contribution in [-0.2, 0) is 16.1 Å². The molecule has 0 atom stereocenters. The van der Waals surface area contributed by atoms with Gasteiger partial charge in [0.1, 0.15) is 5.75 Å². The Morgan fingerprint density at radius 1 is 0.917 bits per heavy atom. The van der Waals surface area contributed by atoms with Crippen LogP contribution >= 0.6 is 0 Å². The van der Waals surface area contributed by atoms with Crippen LogP contribution in [0.15, 0.2) is 54.6 Å². The number of amides is 2. The van der Waals surface area contributed by atoms with Gasteiger partial charge in [-0.3, -0.25) is 14.5 Å². The zero-order chi connectivity index (χ0) is 16.9. The first-order chi connectivity index (χ1) is 11.7. The summed E-state index contributed by atoms with van der Waals surface area (Å²) < 4.78 is 5.58. The number of carbonyl (C=O) groups is 2. The molecule has 0 spiro atoms. The summed E-state index contributed by atoms with van der Waals surface area (Å²) in [7, 11) is 0. The Kier molecular flexibility index (Phi) is 4.79. The highest BCUT2D eigenvalue weighted by Gasteiger charge is 2.34. The summed E-state index contributed by atoms with van der Waals surface area (Å²) in [5, 5.41) is 0. The Morgan fingerprint density at radius 3 is 2.38 bits per heavy atom. The van der Waals surface area contributed by atoms with Gasteiger partial charge in [-0.15, -0.1) is 0 Å². The maximum atomic E-state index is 12.6. The number of rotatable bonds is 5. The number of ether oxygens (including phenoxy) is 1. The van der Waals surface area contributed by atoms with Crippen molar-refractivity contribution < 1.29 is 14.3 Å². The largest absolute Gasteiger partial charge is 0.492 e. The summed E-state index contributed by atoms with van der Waals surface area (Å²) in [6, 6.07) is 17.0. The molecule has 2 aromatic rings. The molecule has 24 heavy (non-hydrogen) atoms. The average Bonchev–Trinajstić information content (AvgIpc) is 2.61. The third-order valence-electron chi connectivity index (χ3n) is 3.98. The van der Waals surface area contributed by atoms with Crippen LogP contribution in [0.4, 0.5) is 5.69 Å². The molecule has 3 rings (SSSR count). The van der Waals surface area contributed by atoms with E-state index in [1.807, 2.05) is 61.5 Å². The molecule has 124 valence electrons. The van der Waals surface area contributed by atoms with Crippen molar-refractivity contribution >= 4 is 17.5 Å². The monoisotopic (exact) mass is 324 g/mol. The third-order valence-corrected chi connectivity index (χ3v) is 3.98. The molecule has 0 N–H and O–H groups in total. The Bertz CT molecular complexity index is 730. The van der Waals surface area contributed by atoms with Crippen LogP contribution in [-0.4, -0.2) is 36.4 Å². The maximum absolute atomic E-state index is 12.6. The predicted molar refractivity (Wildman–Crippen MR) is 91.8 cm³/mol. The topological polar surface area (TPSA) is 49.9 Å². The molecule has 5 heteroatoms. The van der Waals surface area contributed by atoms with Crippen molar-refractivity contribution in [2.45, 2.75) is 13.5 Å². The maximum Gasteiger partial charge on any atom is 0.316 e. The molecule has 0 aromatic heterocycles. The Hall–Kier alpha value is -2.82. The molecule has 1 saturated heterocycles. The van der Waals surface area contributed by atoms with E-state index >= 15 is 0 Å². The Balaban J connectivity index is 1.77. The highest BCUT2D eigenvalue weighted by Crippen LogP contribution is 2.29. The fourth-order valence-electron chi connectivity index (χ4n) is 2.82. The molecule has 0 bridgehead atoms. The van der Waals surface area contributed by atoms with E-state index in [-0.39, 0.29) is 0 Å². The molecular formula is C19H20N2O3. The second-order valence-electron chi connectivity index (χ2n) is 5.57. The normalized spacial score (nSPS) is 14.9. The molecule has 2 amide bonds. The van der Waals surface area contributed by atoms with Crippen molar-refractivity contribution in [3.8, 4) is 5.75 Å². The smallest absolute Gasteiger partial charge is 0.316 e. The van der Waals surface area contributed by atoms with Crippen LogP contribution < -0.4 is 9.64 Å². The SMILES string of the molecule is CCOc1ccccc1N1CCN(Cc2ccccc2)C(=O)C1=O. The van der Waals surface area contributed by atoms with Gasteiger partial charge in [0.05, 0.1) is 12.3 Å². The lowest BCUT2D eigenvalue weighted by molar-refractivity contribution is -0.146. The standard InChI is InChI=1S/C19H20N2O3/c1-2-24-17-11-7-6-10-16(17)21-13-12-20(18(22)19(21)23)14-15-8-4-3-5-9-15/h3-11H,2,12-14H2,1H3. The fourth-order valence-corrected chi connectivity index (χ4v) is 2.82. The van der Waals surface area contributed by atoms with Crippen LogP contribution in [0.25, 0.3) is 0 Å². The number of nitrogens with zero attached hydrogens (tertiary/aromatic N) is 2. The van der Waals surface area contributed by atoms with E-state index in [0.29, 0.717) is 37.7 Å². The number of piperazine rings is 1. The lowest BCUT2D eigenvalue weighted by Crippen LogP contribution is -2.54. The summed E-state index contributed by atoms with van der Waals surface area (Å²) in [5.41, 5.74) is 1.67. The van der Waals surface area contributed by atoms with Crippen molar-refractivity contribution in [1.29, 1.82) is 0 Å². The lowest BCUT2D eigenvalue weighted by atomic mass is 10.1. The van der Waals surface area contributed by atoms with E-state index in [9.17, 15) is 9.59 Å². The molecule has 0 aliphatic carbocycles. The van der Waals surface area contributed by atoms with Gasteiger partial charge in [0, 0.05) is 19.6 Å². The molecule has 0 radical (unpaired) electrons. The van der Waals surface area contributed by atoms with E-state index < -0.39 is 11.8 Å². The number of hydrogen-bond donors (Lipinski definition) is 0. The van der Waals surface area contributed by atoms with Crippen molar-refractivity contribution in [3.05, 3.63) is 60.2 Å². The highest BCUT2D eigenvalue weighted by atomic mass is 16.5. The Morgan fingerprint density at radius 2 is 1.62 bits per heavy atom. The quantitative estimate of drug-likeness (QED) is 0.794. The molecule has 0 unspecified atom stereocenters. The summed E-state index contributed by atoms with van der Waals surface area (Å²) >= 11 is 0. The van der Waals surface area contributed by atoms with E-state index in [1.165, 1.54) is 4.90 Å². The van der Waals surface area contributed by atoms with Gasteiger partial charge in [-0.05, 0) is 24.6 Å². The molecule has 0 saturated carbocycles. The first kappa shape index (κ1) is 16.1. The fraction of sp³-hybridized carbons (Fsp3) is 0.263. The van der Waals surface area contributed by atoms with Crippen LogP contribution in [0.5, 0.6) is 5.75 Å². The first-order valence-electron chi connectivity index (χ1n) is 8.07. The summed E-state index contributed by atoms with van der Waals surface area (Å²) in [4.78, 5) is 28.1. The van der Waals surface area contributed by atoms with Crippen LogP contribution in [0.2, 0.25) is 0 Å². The van der Waals surface area contributed by atoms with Gasteiger partial charge in [-0.1, -0.05) is 42.5 Å². The number of para-hydroxylation sites is 2. The van der Waals surface area contributed by atoms with E-state index in [4.69, 9.17) is 4.74 Å². The highest BCUT2D eigenvalue weighted by molar-refractivity contribution is 6.41. The number of anilines is 1. The summed E-state index contributed by atoms with van der Waals surface area (Å²) in [6.45, 7) is 3.81. The van der Waals surface area contributed by atoms with Gasteiger partial charge in [0.25, 0.3) is 0 Å². The van der Waals surface area contributed by atoms with Crippen molar-refractivity contribution in [2.24, 2.45) is 0 Å². The van der Waals surface area contributed by atoms with Gasteiger partial charge >= 0.3 is 11.8 Å². The molecule has 1 heterocycles.